The number of aromatic nitrogens is 2. The van der Waals surface area contributed by atoms with Gasteiger partial charge in [-0.25, -0.2) is 9.97 Å². The number of ether oxygens (including phenoxy) is 1. The van der Waals surface area contributed by atoms with Crippen molar-refractivity contribution >= 4 is 5.97 Å². The van der Waals surface area contributed by atoms with Gasteiger partial charge >= 0.3 is 5.97 Å². The number of nitrogens with zero attached hydrogens (tertiary/aromatic N) is 2. The number of aryl methyl sites for hydroxylation is 1. The molecule has 2 rings (SSSR count). The lowest BCUT2D eigenvalue weighted by atomic mass is 9.83. The van der Waals surface area contributed by atoms with Crippen LogP contribution in [0.5, 0.6) is 0 Å². The van der Waals surface area contributed by atoms with E-state index in [1.54, 1.807) is 6.07 Å². The fraction of sp³-hybridized carbons (Fsp3) is 0.583. The molecule has 1 aromatic rings. The van der Waals surface area contributed by atoms with Gasteiger partial charge in [0.15, 0.2) is 0 Å². The number of hydrogen-bond acceptors (Lipinski definition) is 4. The molecule has 1 saturated heterocycles. The van der Waals surface area contributed by atoms with Crippen LogP contribution in [0.2, 0.25) is 0 Å². The van der Waals surface area contributed by atoms with Crippen molar-refractivity contribution in [3.8, 4) is 0 Å². The Morgan fingerprint density at radius 2 is 2.18 bits per heavy atom. The number of carbonyl (C=O) groups is 1. The maximum Gasteiger partial charge on any atom is 0.312 e. The maximum absolute atomic E-state index is 11.4. The van der Waals surface area contributed by atoms with E-state index in [-0.39, 0.29) is 5.92 Å². The quantitative estimate of drug-likeness (QED) is 0.858. The van der Waals surface area contributed by atoms with E-state index in [0.29, 0.717) is 18.9 Å². The first-order chi connectivity index (χ1) is 8.18. The molecule has 2 heterocycles. The number of rotatable bonds is 3. The van der Waals surface area contributed by atoms with E-state index >= 15 is 0 Å². The molecule has 0 spiro atoms. The molecule has 0 bridgehead atoms. The first-order valence-corrected chi connectivity index (χ1v) is 5.77. The molecule has 1 aliphatic rings. The minimum atomic E-state index is -0.810. The third-order valence-electron chi connectivity index (χ3n) is 3.15. The molecule has 0 radical (unpaired) electrons. The summed E-state index contributed by atoms with van der Waals surface area (Å²) < 4.78 is 5.26. The molecule has 1 unspecified atom stereocenters. The summed E-state index contributed by atoms with van der Waals surface area (Å²) in [6.07, 6.45) is 2.99. The zero-order chi connectivity index (χ0) is 12.3. The molecule has 5 heteroatoms. The Balaban J connectivity index is 2.25. The molecule has 5 nitrogen and oxygen atoms in total. The monoisotopic (exact) mass is 236 g/mol. The van der Waals surface area contributed by atoms with Gasteiger partial charge in [0.25, 0.3) is 0 Å². The summed E-state index contributed by atoms with van der Waals surface area (Å²) in [5.74, 6) is -1.24. The van der Waals surface area contributed by atoms with Crippen molar-refractivity contribution in [2.24, 2.45) is 5.92 Å². The van der Waals surface area contributed by atoms with E-state index in [9.17, 15) is 9.90 Å². The zero-order valence-electron chi connectivity index (χ0n) is 9.80. The third-order valence-corrected chi connectivity index (χ3v) is 3.15. The van der Waals surface area contributed by atoms with E-state index in [1.165, 1.54) is 6.33 Å². The minimum Gasteiger partial charge on any atom is -0.481 e. The highest BCUT2D eigenvalue weighted by atomic mass is 16.5. The molecule has 1 aliphatic heterocycles. The van der Waals surface area contributed by atoms with Crippen molar-refractivity contribution in [3.05, 3.63) is 23.8 Å². The van der Waals surface area contributed by atoms with E-state index in [4.69, 9.17) is 4.74 Å². The van der Waals surface area contributed by atoms with E-state index < -0.39 is 11.9 Å². The smallest absolute Gasteiger partial charge is 0.312 e. The second kappa shape index (κ2) is 5.23. The first kappa shape index (κ1) is 12.0. The van der Waals surface area contributed by atoms with Crippen LogP contribution in [0.1, 0.15) is 30.1 Å². The molecule has 1 N–H and O–H groups in total. The molecule has 1 aromatic heterocycles. The van der Waals surface area contributed by atoms with Gasteiger partial charge in [0.1, 0.15) is 12.2 Å². The number of carboxylic acid groups (broad SMARTS) is 1. The summed E-state index contributed by atoms with van der Waals surface area (Å²) in [5.41, 5.74) is 1.41. The van der Waals surface area contributed by atoms with Crippen LogP contribution in [0, 0.1) is 12.8 Å². The zero-order valence-corrected chi connectivity index (χ0v) is 9.80. The van der Waals surface area contributed by atoms with Gasteiger partial charge in [-0.15, -0.1) is 0 Å². The normalized spacial score (nSPS) is 18.9. The average molecular weight is 236 g/mol. The molecule has 0 saturated carbocycles. The largest absolute Gasteiger partial charge is 0.481 e. The van der Waals surface area contributed by atoms with Gasteiger partial charge in [-0.3, -0.25) is 4.79 Å². The predicted molar refractivity (Wildman–Crippen MR) is 60.7 cm³/mol. The summed E-state index contributed by atoms with van der Waals surface area (Å²) in [6, 6.07) is 1.76. The molecule has 1 fully saturated rings. The van der Waals surface area contributed by atoms with Crippen LogP contribution in [0.4, 0.5) is 0 Å². The van der Waals surface area contributed by atoms with Gasteiger partial charge in [-0.05, 0) is 31.7 Å². The summed E-state index contributed by atoms with van der Waals surface area (Å²) in [7, 11) is 0. The van der Waals surface area contributed by atoms with Gasteiger partial charge in [-0.2, -0.15) is 0 Å². The Morgan fingerprint density at radius 1 is 1.47 bits per heavy atom. The molecular formula is C12H16N2O3. The Kier molecular flexibility index (Phi) is 3.68. The Morgan fingerprint density at radius 3 is 2.76 bits per heavy atom. The van der Waals surface area contributed by atoms with Crippen molar-refractivity contribution in [2.45, 2.75) is 25.7 Å². The second-order valence-electron chi connectivity index (χ2n) is 4.35. The Bertz CT molecular complexity index is 402. The first-order valence-electron chi connectivity index (χ1n) is 5.77. The predicted octanol–water partition coefficient (Wildman–Crippen LogP) is 1.38. The molecule has 92 valence electrons. The summed E-state index contributed by atoms with van der Waals surface area (Å²) in [5, 5.41) is 9.37. The van der Waals surface area contributed by atoms with Crippen LogP contribution in [-0.4, -0.2) is 34.3 Å². The lowest BCUT2D eigenvalue weighted by Gasteiger charge is -2.27. The van der Waals surface area contributed by atoms with Crippen LogP contribution in [0.3, 0.4) is 0 Å². The van der Waals surface area contributed by atoms with Crippen molar-refractivity contribution in [2.75, 3.05) is 13.2 Å². The Hall–Kier alpha value is -1.49. The van der Waals surface area contributed by atoms with Gasteiger partial charge in [0.2, 0.25) is 0 Å². The van der Waals surface area contributed by atoms with Crippen LogP contribution < -0.4 is 0 Å². The van der Waals surface area contributed by atoms with Gasteiger partial charge in [0.05, 0.1) is 5.69 Å². The fourth-order valence-electron chi connectivity index (χ4n) is 2.26. The van der Waals surface area contributed by atoms with Crippen LogP contribution in [-0.2, 0) is 9.53 Å². The highest BCUT2D eigenvalue weighted by Gasteiger charge is 2.32. The summed E-state index contributed by atoms with van der Waals surface area (Å²) >= 11 is 0. The minimum absolute atomic E-state index is 0.107. The number of hydrogen-bond donors (Lipinski definition) is 1. The van der Waals surface area contributed by atoms with Crippen LogP contribution in [0.25, 0.3) is 0 Å². The highest BCUT2D eigenvalue weighted by Crippen LogP contribution is 2.31. The van der Waals surface area contributed by atoms with Crippen LogP contribution in [0.15, 0.2) is 12.4 Å². The molecule has 1 atom stereocenters. The van der Waals surface area contributed by atoms with E-state index in [1.807, 2.05) is 6.92 Å². The third kappa shape index (κ3) is 2.79. The van der Waals surface area contributed by atoms with Crippen molar-refractivity contribution in [1.29, 1.82) is 0 Å². The number of aliphatic carboxylic acids is 1. The van der Waals surface area contributed by atoms with Crippen molar-refractivity contribution in [3.63, 3.8) is 0 Å². The van der Waals surface area contributed by atoms with Crippen molar-refractivity contribution < 1.29 is 14.6 Å². The number of carboxylic acids is 1. The lowest BCUT2D eigenvalue weighted by Crippen LogP contribution is -2.28. The maximum atomic E-state index is 11.4. The Labute approximate surface area is 99.9 Å². The fourth-order valence-corrected chi connectivity index (χ4v) is 2.26. The average Bonchev–Trinajstić information content (AvgIpc) is 2.30. The molecule has 0 amide bonds. The van der Waals surface area contributed by atoms with E-state index in [2.05, 4.69) is 9.97 Å². The van der Waals surface area contributed by atoms with E-state index in [0.717, 1.165) is 18.5 Å². The SMILES string of the molecule is Cc1cc(C(C(=O)O)C2CCOCC2)ncn1. The molecular weight excluding hydrogens is 220 g/mol. The topological polar surface area (TPSA) is 72.3 Å². The van der Waals surface area contributed by atoms with Crippen LogP contribution >= 0.6 is 0 Å². The summed E-state index contributed by atoms with van der Waals surface area (Å²) in [6.45, 7) is 3.12. The highest BCUT2D eigenvalue weighted by molar-refractivity contribution is 5.75. The second-order valence-corrected chi connectivity index (χ2v) is 4.35. The standard InChI is InChI=1S/C12H16N2O3/c1-8-6-10(14-7-13-8)11(12(15)16)9-2-4-17-5-3-9/h6-7,9,11H,2-5H2,1H3,(H,15,16). The van der Waals surface area contributed by atoms with Gasteiger partial charge in [0, 0.05) is 18.9 Å². The molecule has 0 aliphatic carbocycles. The molecule has 17 heavy (non-hydrogen) atoms. The summed E-state index contributed by atoms with van der Waals surface area (Å²) in [4.78, 5) is 19.5. The van der Waals surface area contributed by atoms with Crippen molar-refractivity contribution in [1.82, 2.24) is 9.97 Å². The molecule has 0 aromatic carbocycles. The van der Waals surface area contributed by atoms with Gasteiger partial charge in [-0.1, -0.05) is 0 Å². The van der Waals surface area contributed by atoms with Gasteiger partial charge < -0.3 is 9.84 Å². The lowest BCUT2D eigenvalue weighted by molar-refractivity contribution is -0.141.